The first-order valence-electron chi connectivity index (χ1n) is 5.04. The van der Waals surface area contributed by atoms with E-state index in [2.05, 4.69) is 15.1 Å². The van der Waals surface area contributed by atoms with Crippen LogP contribution in [0.4, 0.5) is 0 Å². The summed E-state index contributed by atoms with van der Waals surface area (Å²) in [6.07, 6.45) is 5.73. The molecule has 0 aliphatic rings. The minimum Gasteiger partial charge on any atom is -0.298 e. The molecule has 0 atom stereocenters. The topological polar surface area (TPSA) is 60.7 Å². The van der Waals surface area contributed by atoms with E-state index in [-0.39, 0.29) is 5.92 Å². The molecule has 82 valence electrons. The van der Waals surface area contributed by atoms with Crippen molar-refractivity contribution in [2.75, 3.05) is 0 Å². The fourth-order valence-corrected chi connectivity index (χ4v) is 1.45. The van der Waals surface area contributed by atoms with Crippen molar-refractivity contribution in [1.82, 2.24) is 19.7 Å². The maximum absolute atomic E-state index is 10.9. The third kappa shape index (κ3) is 1.84. The molecule has 0 N–H and O–H groups in total. The number of hydrogen-bond acceptors (Lipinski definition) is 4. The first kappa shape index (κ1) is 10.5. The Kier molecular flexibility index (Phi) is 2.76. The van der Waals surface area contributed by atoms with Crippen molar-refractivity contribution in [1.29, 1.82) is 0 Å². The number of rotatable bonds is 3. The lowest BCUT2D eigenvalue weighted by Crippen LogP contribution is -2.01. The Balaban J connectivity index is 2.48. The summed E-state index contributed by atoms with van der Waals surface area (Å²) in [5.41, 5.74) is 1.35. The van der Waals surface area contributed by atoms with E-state index in [1.54, 1.807) is 24.7 Å². The van der Waals surface area contributed by atoms with E-state index in [0.717, 1.165) is 12.0 Å². The van der Waals surface area contributed by atoms with Crippen LogP contribution < -0.4 is 0 Å². The Labute approximate surface area is 93.2 Å². The fraction of sp³-hybridized carbons (Fsp3) is 0.273. The molecule has 0 aliphatic heterocycles. The number of nitrogens with zero attached hydrogens (tertiary/aromatic N) is 4. The van der Waals surface area contributed by atoms with Gasteiger partial charge in [0.15, 0.2) is 6.29 Å². The first-order valence-corrected chi connectivity index (χ1v) is 5.04. The van der Waals surface area contributed by atoms with E-state index in [0.29, 0.717) is 11.5 Å². The zero-order valence-electron chi connectivity index (χ0n) is 9.16. The summed E-state index contributed by atoms with van der Waals surface area (Å²) in [5, 5.41) is 4.31. The van der Waals surface area contributed by atoms with Crippen LogP contribution in [0.5, 0.6) is 0 Å². The van der Waals surface area contributed by atoms with Gasteiger partial charge in [-0.25, -0.2) is 14.6 Å². The molecule has 2 aromatic heterocycles. The molecular formula is C11H12N4O. The van der Waals surface area contributed by atoms with Crippen molar-refractivity contribution in [3.05, 3.63) is 35.9 Å². The molecular weight excluding hydrogens is 204 g/mol. The van der Waals surface area contributed by atoms with Gasteiger partial charge in [-0.15, -0.1) is 0 Å². The van der Waals surface area contributed by atoms with Crippen molar-refractivity contribution in [3.63, 3.8) is 0 Å². The van der Waals surface area contributed by atoms with E-state index >= 15 is 0 Å². The molecule has 5 nitrogen and oxygen atoms in total. The SMILES string of the molecule is CC(C)c1nn(-c2ncccn2)cc1C=O. The van der Waals surface area contributed by atoms with E-state index in [4.69, 9.17) is 0 Å². The van der Waals surface area contributed by atoms with Gasteiger partial charge in [-0.05, 0) is 12.0 Å². The van der Waals surface area contributed by atoms with Gasteiger partial charge >= 0.3 is 0 Å². The molecule has 16 heavy (non-hydrogen) atoms. The van der Waals surface area contributed by atoms with Crippen molar-refractivity contribution < 1.29 is 4.79 Å². The molecule has 0 aliphatic carbocycles. The Morgan fingerprint density at radius 1 is 1.31 bits per heavy atom. The van der Waals surface area contributed by atoms with Crippen LogP contribution in [0, 0.1) is 0 Å². The maximum atomic E-state index is 10.9. The predicted octanol–water partition coefficient (Wildman–Crippen LogP) is 1.60. The third-order valence-electron chi connectivity index (χ3n) is 2.20. The summed E-state index contributed by atoms with van der Waals surface area (Å²) in [4.78, 5) is 19.0. The van der Waals surface area contributed by atoms with E-state index in [9.17, 15) is 4.79 Å². The largest absolute Gasteiger partial charge is 0.298 e. The minimum absolute atomic E-state index is 0.199. The van der Waals surface area contributed by atoms with Crippen LogP contribution in [0.25, 0.3) is 5.95 Å². The summed E-state index contributed by atoms with van der Waals surface area (Å²) in [7, 11) is 0. The van der Waals surface area contributed by atoms with Crippen LogP contribution in [0.15, 0.2) is 24.7 Å². The highest BCUT2D eigenvalue weighted by Gasteiger charge is 2.13. The van der Waals surface area contributed by atoms with E-state index in [1.165, 1.54) is 4.68 Å². The van der Waals surface area contributed by atoms with Gasteiger partial charge in [0.05, 0.1) is 11.3 Å². The monoisotopic (exact) mass is 216 g/mol. The molecule has 0 spiro atoms. The Morgan fingerprint density at radius 3 is 2.50 bits per heavy atom. The van der Waals surface area contributed by atoms with Crippen LogP contribution in [-0.2, 0) is 0 Å². The molecule has 0 unspecified atom stereocenters. The van der Waals surface area contributed by atoms with E-state index in [1.807, 2.05) is 13.8 Å². The molecule has 2 aromatic rings. The van der Waals surface area contributed by atoms with Gasteiger partial charge in [-0.2, -0.15) is 5.10 Å². The normalized spacial score (nSPS) is 10.7. The zero-order valence-corrected chi connectivity index (χ0v) is 9.16. The van der Waals surface area contributed by atoms with Crippen LogP contribution >= 0.6 is 0 Å². The minimum atomic E-state index is 0.199. The highest BCUT2D eigenvalue weighted by atomic mass is 16.1. The molecule has 0 fully saturated rings. The van der Waals surface area contributed by atoms with Gasteiger partial charge in [0.25, 0.3) is 0 Å². The predicted molar refractivity (Wildman–Crippen MR) is 58.6 cm³/mol. The highest BCUT2D eigenvalue weighted by molar-refractivity contribution is 5.76. The summed E-state index contributed by atoms with van der Waals surface area (Å²) in [5.74, 6) is 0.669. The van der Waals surface area contributed by atoms with Crippen molar-refractivity contribution in [3.8, 4) is 5.95 Å². The fourth-order valence-electron chi connectivity index (χ4n) is 1.45. The second kappa shape index (κ2) is 4.22. The standard InChI is InChI=1S/C11H12N4O/c1-8(2)10-9(7-16)6-15(14-10)11-12-4-3-5-13-11/h3-8H,1-2H3. The molecule has 2 rings (SSSR count). The third-order valence-corrected chi connectivity index (χ3v) is 2.20. The number of aldehydes is 1. The molecule has 0 saturated heterocycles. The van der Waals surface area contributed by atoms with Gasteiger partial charge in [0.1, 0.15) is 0 Å². The summed E-state index contributed by atoms with van der Waals surface area (Å²) in [6, 6.07) is 1.73. The number of aromatic nitrogens is 4. The summed E-state index contributed by atoms with van der Waals surface area (Å²) >= 11 is 0. The highest BCUT2D eigenvalue weighted by Crippen LogP contribution is 2.16. The molecule has 0 saturated carbocycles. The van der Waals surface area contributed by atoms with Crippen LogP contribution in [-0.4, -0.2) is 26.0 Å². The molecule has 5 heteroatoms. The number of carbonyl (C=O) groups is 1. The zero-order chi connectivity index (χ0) is 11.5. The second-order valence-corrected chi connectivity index (χ2v) is 3.74. The smallest absolute Gasteiger partial charge is 0.250 e. The molecule has 0 bridgehead atoms. The van der Waals surface area contributed by atoms with Gasteiger partial charge in [-0.3, -0.25) is 4.79 Å². The first-order chi connectivity index (χ1) is 7.72. The van der Waals surface area contributed by atoms with Gasteiger partial charge in [0.2, 0.25) is 5.95 Å². The average molecular weight is 216 g/mol. The lowest BCUT2D eigenvalue weighted by molar-refractivity contribution is 0.112. The number of carbonyl (C=O) groups excluding carboxylic acids is 1. The number of hydrogen-bond donors (Lipinski definition) is 0. The second-order valence-electron chi connectivity index (χ2n) is 3.74. The molecule has 2 heterocycles. The summed E-state index contributed by atoms with van der Waals surface area (Å²) < 4.78 is 1.53. The van der Waals surface area contributed by atoms with Gasteiger partial charge in [-0.1, -0.05) is 13.8 Å². The van der Waals surface area contributed by atoms with Crippen molar-refractivity contribution >= 4 is 6.29 Å². The lowest BCUT2D eigenvalue weighted by atomic mass is 10.1. The van der Waals surface area contributed by atoms with Crippen LogP contribution in [0.2, 0.25) is 0 Å². The van der Waals surface area contributed by atoms with Crippen molar-refractivity contribution in [2.45, 2.75) is 19.8 Å². The maximum Gasteiger partial charge on any atom is 0.250 e. The lowest BCUT2D eigenvalue weighted by Gasteiger charge is -2.00. The Bertz CT molecular complexity index is 490. The van der Waals surface area contributed by atoms with Crippen LogP contribution in [0.1, 0.15) is 35.8 Å². The van der Waals surface area contributed by atoms with Crippen LogP contribution in [0.3, 0.4) is 0 Å². The Morgan fingerprint density at radius 2 is 2.00 bits per heavy atom. The molecule has 0 amide bonds. The molecule has 0 radical (unpaired) electrons. The average Bonchev–Trinajstić information content (AvgIpc) is 2.74. The van der Waals surface area contributed by atoms with E-state index < -0.39 is 0 Å². The quantitative estimate of drug-likeness (QED) is 0.731. The summed E-state index contributed by atoms with van der Waals surface area (Å²) in [6.45, 7) is 3.98. The molecule has 0 aromatic carbocycles. The van der Waals surface area contributed by atoms with Gasteiger partial charge < -0.3 is 0 Å². The van der Waals surface area contributed by atoms with Crippen molar-refractivity contribution in [2.24, 2.45) is 0 Å². The Hall–Kier alpha value is -2.04. The van der Waals surface area contributed by atoms with Gasteiger partial charge in [0, 0.05) is 18.6 Å².